The third kappa shape index (κ3) is 8.08. The molecular formula is C46H59N7O4. The molecular weight excluding hydrogens is 715 g/mol. The number of Topliss-reactive ketones (excluding diaryl/α,β-unsaturated/α-hetero) is 1. The number of carbonyl (C=O) groups is 2. The maximum absolute atomic E-state index is 13.5. The Balaban J connectivity index is 0.638. The van der Waals surface area contributed by atoms with E-state index >= 15 is 0 Å². The molecule has 2 aromatic carbocycles. The Morgan fingerprint density at radius 2 is 1.72 bits per heavy atom. The Morgan fingerprint density at radius 3 is 2.49 bits per heavy atom. The minimum Gasteiger partial charge on any atom is -0.494 e. The maximum Gasteiger partial charge on any atom is 0.259 e. The molecule has 0 N–H and O–H groups in total. The number of benzene rings is 2. The summed E-state index contributed by atoms with van der Waals surface area (Å²) in [4.78, 5) is 44.5. The molecule has 4 aromatic rings. The van der Waals surface area contributed by atoms with Crippen molar-refractivity contribution < 1.29 is 19.1 Å². The van der Waals surface area contributed by atoms with Gasteiger partial charge in [-0.15, -0.1) is 0 Å². The number of fused-ring (bicyclic) bond motifs is 4. The Hall–Kier alpha value is -4.32. The lowest BCUT2D eigenvalue weighted by Gasteiger charge is -2.48. The summed E-state index contributed by atoms with van der Waals surface area (Å²) in [6.45, 7) is 16.4. The van der Waals surface area contributed by atoms with Gasteiger partial charge in [0.15, 0.2) is 0 Å². The van der Waals surface area contributed by atoms with E-state index in [0.29, 0.717) is 43.3 Å². The fraction of sp³-hybridized carbons (Fsp3) is 0.565. The van der Waals surface area contributed by atoms with E-state index < -0.39 is 0 Å². The van der Waals surface area contributed by atoms with Crippen molar-refractivity contribution in [3.8, 4) is 5.75 Å². The Morgan fingerprint density at radius 1 is 0.930 bits per heavy atom. The summed E-state index contributed by atoms with van der Waals surface area (Å²) in [6.07, 6.45) is 14.1. The van der Waals surface area contributed by atoms with Crippen LogP contribution in [0.2, 0.25) is 0 Å². The van der Waals surface area contributed by atoms with Crippen molar-refractivity contribution in [2.75, 3.05) is 57.3 Å². The molecule has 0 spiro atoms. The second-order valence-electron chi connectivity index (χ2n) is 17.7. The third-order valence-corrected chi connectivity index (χ3v) is 13.6. The first-order valence-electron chi connectivity index (χ1n) is 21.6. The van der Waals surface area contributed by atoms with Gasteiger partial charge in [0.05, 0.1) is 29.8 Å². The van der Waals surface area contributed by atoms with Crippen molar-refractivity contribution in [1.29, 1.82) is 0 Å². The number of carbonyl (C=O) groups excluding carboxylic acids is 2. The molecule has 5 aliphatic rings. The van der Waals surface area contributed by atoms with Crippen LogP contribution in [0.25, 0.3) is 22.5 Å². The molecule has 6 heterocycles. The highest BCUT2D eigenvalue weighted by Crippen LogP contribution is 2.54. The van der Waals surface area contributed by atoms with Crippen LogP contribution in [0.5, 0.6) is 5.75 Å². The van der Waals surface area contributed by atoms with Crippen LogP contribution >= 0.6 is 0 Å². The van der Waals surface area contributed by atoms with Crippen LogP contribution in [0.15, 0.2) is 61.3 Å². The van der Waals surface area contributed by atoms with Gasteiger partial charge in [0.2, 0.25) is 5.78 Å². The van der Waals surface area contributed by atoms with Crippen LogP contribution in [0.3, 0.4) is 0 Å². The van der Waals surface area contributed by atoms with Crippen molar-refractivity contribution in [3.63, 3.8) is 0 Å². The number of ether oxygens (including phenoxy) is 2. The van der Waals surface area contributed by atoms with E-state index in [4.69, 9.17) is 19.4 Å². The maximum atomic E-state index is 13.5. The predicted octanol–water partition coefficient (Wildman–Crippen LogP) is 7.23. The van der Waals surface area contributed by atoms with E-state index in [1.165, 1.54) is 6.42 Å². The second-order valence-corrected chi connectivity index (χ2v) is 17.7. The zero-order valence-electron chi connectivity index (χ0n) is 33.9. The number of aromatic nitrogens is 3. The summed E-state index contributed by atoms with van der Waals surface area (Å²) in [5.41, 5.74) is 4.44. The molecule has 4 aliphatic heterocycles. The highest BCUT2D eigenvalue weighted by molar-refractivity contribution is 6.09. The number of anilines is 1. The first-order chi connectivity index (χ1) is 27.7. The fourth-order valence-electron chi connectivity index (χ4n) is 9.78. The van der Waals surface area contributed by atoms with Gasteiger partial charge in [0.1, 0.15) is 17.4 Å². The molecule has 11 nitrogen and oxygen atoms in total. The molecule has 0 radical (unpaired) electrons. The number of rotatable bonds is 16. The largest absolute Gasteiger partial charge is 0.494 e. The molecule has 57 heavy (non-hydrogen) atoms. The van der Waals surface area contributed by atoms with E-state index in [2.05, 4.69) is 50.9 Å². The number of amides is 1. The number of hydrogen-bond acceptors (Lipinski definition) is 9. The first-order valence-corrected chi connectivity index (χ1v) is 21.6. The number of nitrogens with zero attached hydrogens (tertiary/aromatic N) is 7. The Labute approximate surface area is 337 Å². The lowest BCUT2D eigenvalue weighted by atomic mass is 9.92. The summed E-state index contributed by atoms with van der Waals surface area (Å²) in [5.74, 6) is 2.76. The van der Waals surface area contributed by atoms with Crippen LogP contribution in [0.4, 0.5) is 5.82 Å². The van der Waals surface area contributed by atoms with Gasteiger partial charge in [-0.25, -0.2) is 4.98 Å². The van der Waals surface area contributed by atoms with Gasteiger partial charge in [-0.2, -0.15) is 4.98 Å². The van der Waals surface area contributed by atoms with Crippen LogP contribution in [-0.4, -0.2) is 117 Å². The molecule has 1 saturated carbocycles. The number of imidazole rings is 1. The quantitative estimate of drug-likeness (QED) is 0.109. The molecule has 1 amide bonds. The lowest BCUT2D eigenvalue weighted by Crippen LogP contribution is -2.59. The van der Waals surface area contributed by atoms with Crippen LogP contribution < -0.4 is 9.64 Å². The van der Waals surface area contributed by atoms with Crippen LogP contribution in [0.1, 0.15) is 100 Å². The molecule has 0 bridgehead atoms. The monoisotopic (exact) mass is 773 g/mol. The van der Waals surface area contributed by atoms with E-state index in [1.807, 2.05) is 41.3 Å². The average Bonchev–Trinajstić information content (AvgIpc) is 3.77. The van der Waals surface area contributed by atoms with Gasteiger partial charge < -0.3 is 29.0 Å². The standard InChI is InChI=1S/C46H59N7O4/c1-32(54)11-14-42(46(3)20-21-46)53-33(2)39-29-36(12-13-38(39)44(53)55)56-28-8-4-7-22-49-23-17-35(18-24-49)57-37-30-51(31-37)34-15-25-50(26-16-34)43-19-27-52-41-10-6-5-9-40(41)47-45(52)48-43/h5-6,9-10,12-13,19,27,29,34-35,37,42H,2,4,7-8,11,14-18,20-26,28,30-31H2,1,3H3. The second kappa shape index (κ2) is 16.1. The van der Waals surface area contributed by atoms with Crippen molar-refractivity contribution in [2.45, 2.75) is 109 Å². The van der Waals surface area contributed by atoms with Gasteiger partial charge in [0, 0.05) is 80.8 Å². The van der Waals surface area contributed by atoms with Crippen molar-refractivity contribution in [1.82, 2.24) is 29.1 Å². The Bertz CT molecular complexity index is 2110. The van der Waals surface area contributed by atoms with Gasteiger partial charge in [0.25, 0.3) is 5.91 Å². The van der Waals surface area contributed by atoms with Crippen molar-refractivity contribution in [3.05, 3.63) is 72.4 Å². The molecule has 11 heteroatoms. The molecule has 2 aromatic heterocycles. The lowest BCUT2D eigenvalue weighted by molar-refractivity contribution is -0.120. The number of hydrogen-bond donors (Lipinski definition) is 0. The number of ketones is 1. The molecule has 4 fully saturated rings. The normalized spacial score (nSPS) is 21.4. The zero-order chi connectivity index (χ0) is 39.1. The fourth-order valence-corrected chi connectivity index (χ4v) is 9.78. The van der Waals surface area contributed by atoms with Gasteiger partial charge in [-0.3, -0.25) is 14.1 Å². The Kier molecular flexibility index (Phi) is 10.8. The summed E-state index contributed by atoms with van der Waals surface area (Å²) >= 11 is 0. The number of likely N-dealkylation sites (tertiary alicyclic amines) is 2. The van der Waals surface area contributed by atoms with Crippen LogP contribution in [0, 0.1) is 5.41 Å². The molecule has 3 saturated heterocycles. The molecule has 9 rings (SSSR count). The van der Waals surface area contributed by atoms with E-state index in [9.17, 15) is 9.59 Å². The SMILES string of the molecule is C=C1c2cc(OCCCCCN3CCC(OC4CN(C5CCN(c6ccn7c(n6)nc6ccccc67)CC5)C4)CC3)ccc2C(=O)N1C(CCC(C)=O)C1(C)CC1. The number of piperidine rings is 2. The predicted molar refractivity (Wildman–Crippen MR) is 224 cm³/mol. The molecule has 1 aliphatic carbocycles. The molecule has 1 atom stereocenters. The highest BCUT2D eigenvalue weighted by Gasteiger charge is 2.51. The number of para-hydroxylation sites is 2. The molecule has 1 unspecified atom stereocenters. The van der Waals surface area contributed by atoms with Gasteiger partial charge in [-0.1, -0.05) is 25.6 Å². The summed E-state index contributed by atoms with van der Waals surface area (Å²) in [7, 11) is 0. The number of unbranched alkanes of at least 4 members (excludes halogenated alkanes) is 2. The van der Waals surface area contributed by atoms with Gasteiger partial charge in [-0.05, 0) is 119 Å². The summed E-state index contributed by atoms with van der Waals surface area (Å²) < 4.78 is 14.8. The topological polar surface area (TPSA) is 95.8 Å². The highest BCUT2D eigenvalue weighted by atomic mass is 16.5. The average molecular weight is 774 g/mol. The van der Waals surface area contributed by atoms with Gasteiger partial charge >= 0.3 is 0 Å². The summed E-state index contributed by atoms with van der Waals surface area (Å²) in [6, 6.07) is 16.8. The third-order valence-electron chi connectivity index (χ3n) is 13.6. The minimum atomic E-state index is 0.00209. The van der Waals surface area contributed by atoms with E-state index in [0.717, 1.165) is 137 Å². The molecule has 302 valence electrons. The summed E-state index contributed by atoms with van der Waals surface area (Å²) in [5, 5.41) is 0. The van der Waals surface area contributed by atoms with E-state index in [1.54, 1.807) is 6.92 Å². The smallest absolute Gasteiger partial charge is 0.259 e. The van der Waals surface area contributed by atoms with E-state index in [-0.39, 0.29) is 23.1 Å². The van der Waals surface area contributed by atoms with Crippen molar-refractivity contribution in [2.24, 2.45) is 5.41 Å². The first kappa shape index (κ1) is 38.2. The minimum absolute atomic E-state index is 0.00209. The van der Waals surface area contributed by atoms with Crippen LogP contribution in [-0.2, 0) is 9.53 Å². The van der Waals surface area contributed by atoms with Crippen molar-refractivity contribution >= 4 is 40.0 Å². The zero-order valence-corrected chi connectivity index (χ0v) is 33.9.